The molecule has 0 aliphatic heterocycles. The molecule has 2 N–H and O–H groups in total. The Labute approximate surface area is 99.4 Å². The van der Waals surface area contributed by atoms with Crippen LogP contribution in [0.2, 0.25) is 0 Å². The first-order valence-corrected chi connectivity index (χ1v) is 5.22. The highest BCUT2D eigenvalue weighted by atomic mass is 16.5. The molecule has 0 saturated heterocycles. The fraction of sp³-hybridized carbons (Fsp3) is 0.333. The van der Waals surface area contributed by atoms with Gasteiger partial charge in [0.05, 0.1) is 6.61 Å². The standard InChI is InChI=1S/C12H15NO4/c1-3-17-10-6-4-9(5-7-10)12(2,11(15)16)13-8-14/h4-8H,3H2,1-2H3,(H,13,14)(H,15,16). The van der Waals surface area contributed by atoms with E-state index in [0.717, 1.165) is 0 Å². The third-order valence-corrected chi connectivity index (χ3v) is 2.52. The molecule has 5 nitrogen and oxygen atoms in total. The molecule has 17 heavy (non-hydrogen) atoms. The predicted molar refractivity (Wildman–Crippen MR) is 61.8 cm³/mol. The molecule has 0 fully saturated rings. The molecule has 1 rings (SSSR count). The van der Waals surface area contributed by atoms with E-state index in [4.69, 9.17) is 9.84 Å². The molecule has 1 atom stereocenters. The van der Waals surface area contributed by atoms with Gasteiger partial charge in [0.1, 0.15) is 5.75 Å². The molecule has 0 radical (unpaired) electrons. The zero-order valence-electron chi connectivity index (χ0n) is 9.77. The Morgan fingerprint density at radius 1 is 1.47 bits per heavy atom. The predicted octanol–water partition coefficient (Wildman–Crippen LogP) is 1.13. The largest absolute Gasteiger partial charge is 0.494 e. The molecule has 0 aromatic heterocycles. The van der Waals surface area contributed by atoms with E-state index in [-0.39, 0.29) is 0 Å². The number of carboxylic acid groups (broad SMARTS) is 1. The lowest BCUT2D eigenvalue weighted by Crippen LogP contribution is -2.45. The molecular weight excluding hydrogens is 222 g/mol. The second-order valence-electron chi connectivity index (χ2n) is 3.65. The van der Waals surface area contributed by atoms with Crippen molar-refractivity contribution in [2.24, 2.45) is 0 Å². The number of carboxylic acids is 1. The molecule has 1 aromatic rings. The fourth-order valence-corrected chi connectivity index (χ4v) is 1.44. The van der Waals surface area contributed by atoms with Crippen molar-refractivity contribution in [2.75, 3.05) is 6.61 Å². The maximum Gasteiger partial charge on any atom is 0.333 e. The van der Waals surface area contributed by atoms with Crippen LogP contribution in [0.1, 0.15) is 19.4 Å². The van der Waals surface area contributed by atoms with Gasteiger partial charge in [-0.25, -0.2) is 4.79 Å². The number of hydrogen-bond acceptors (Lipinski definition) is 3. The third kappa shape index (κ3) is 2.75. The molecule has 1 aromatic carbocycles. The van der Waals surface area contributed by atoms with E-state index in [2.05, 4.69) is 5.32 Å². The van der Waals surface area contributed by atoms with Crippen molar-refractivity contribution in [2.45, 2.75) is 19.4 Å². The van der Waals surface area contributed by atoms with Gasteiger partial charge in [-0.3, -0.25) is 4.79 Å². The molecule has 0 heterocycles. The molecule has 0 aliphatic carbocycles. The fourth-order valence-electron chi connectivity index (χ4n) is 1.44. The summed E-state index contributed by atoms with van der Waals surface area (Å²) in [5.41, 5.74) is -0.937. The quantitative estimate of drug-likeness (QED) is 0.727. The minimum atomic E-state index is -1.42. The molecule has 0 aliphatic rings. The number of amides is 1. The normalized spacial score (nSPS) is 13.5. The molecule has 92 valence electrons. The number of rotatable bonds is 6. The molecule has 1 unspecified atom stereocenters. The second kappa shape index (κ2) is 5.34. The van der Waals surface area contributed by atoms with Crippen molar-refractivity contribution in [1.82, 2.24) is 5.32 Å². The van der Waals surface area contributed by atoms with E-state index in [1.54, 1.807) is 24.3 Å². The summed E-state index contributed by atoms with van der Waals surface area (Å²) in [6.07, 6.45) is 0.380. The summed E-state index contributed by atoms with van der Waals surface area (Å²) in [6, 6.07) is 6.59. The first-order valence-electron chi connectivity index (χ1n) is 5.22. The highest BCUT2D eigenvalue weighted by Gasteiger charge is 2.34. The molecule has 0 spiro atoms. The minimum absolute atomic E-state index is 0.380. The van der Waals surface area contributed by atoms with Crippen LogP contribution in [-0.2, 0) is 15.1 Å². The molecule has 5 heteroatoms. The lowest BCUT2D eigenvalue weighted by atomic mass is 9.92. The van der Waals surface area contributed by atoms with Gasteiger partial charge in [0.25, 0.3) is 0 Å². The molecule has 0 bridgehead atoms. The number of ether oxygens (including phenoxy) is 1. The smallest absolute Gasteiger partial charge is 0.333 e. The number of aliphatic carboxylic acids is 1. The van der Waals surface area contributed by atoms with Crippen molar-refractivity contribution in [1.29, 1.82) is 0 Å². The SMILES string of the molecule is CCOc1ccc(C(C)(NC=O)C(=O)O)cc1. The summed E-state index contributed by atoms with van der Waals surface area (Å²) in [5, 5.41) is 11.4. The number of carbonyl (C=O) groups is 2. The van der Waals surface area contributed by atoms with Gasteiger partial charge in [-0.1, -0.05) is 12.1 Å². The zero-order chi connectivity index (χ0) is 12.9. The van der Waals surface area contributed by atoms with Gasteiger partial charge in [0, 0.05) is 0 Å². The van der Waals surface area contributed by atoms with Crippen molar-refractivity contribution in [3.63, 3.8) is 0 Å². The Balaban J connectivity index is 3.03. The van der Waals surface area contributed by atoms with Crippen LogP contribution in [0, 0.1) is 0 Å². The molecule has 0 saturated carbocycles. The van der Waals surface area contributed by atoms with Gasteiger partial charge in [-0.2, -0.15) is 0 Å². The average molecular weight is 237 g/mol. The van der Waals surface area contributed by atoms with Gasteiger partial charge < -0.3 is 15.2 Å². The summed E-state index contributed by atoms with van der Waals surface area (Å²) < 4.78 is 5.26. The van der Waals surface area contributed by atoms with Gasteiger partial charge in [-0.05, 0) is 31.5 Å². The summed E-state index contributed by atoms with van der Waals surface area (Å²) >= 11 is 0. The van der Waals surface area contributed by atoms with Gasteiger partial charge in [0.15, 0.2) is 5.54 Å². The second-order valence-corrected chi connectivity index (χ2v) is 3.65. The lowest BCUT2D eigenvalue weighted by Gasteiger charge is -2.24. The summed E-state index contributed by atoms with van der Waals surface area (Å²) in [4.78, 5) is 21.6. The number of carbonyl (C=O) groups excluding carboxylic acids is 1. The molecular formula is C12H15NO4. The highest BCUT2D eigenvalue weighted by molar-refractivity contribution is 5.82. The van der Waals surface area contributed by atoms with Crippen LogP contribution in [0.25, 0.3) is 0 Å². The highest BCUT2D eigenvalue weighted by Crippen LogP contribution is 2.23. The first kappa shape index (κ1) is 13.0. The Kier molecular flexibility index (Phi) is 4.09. The number of hydrogen-bond donors (Lipinski definition) is 2. The van der Waals surface area contributed by atoms with E-state index in [1.165, 1.54) is 6.92 Å². The van der Waals surface area contributed by atoms with Crippen molar-refractivity contribution in [3.05, 3.63) is 29.8 Å². The van der Waals surface area contributed by atoms with Crippen molar-refractivity contribution < 1.29 is 19.4 Å². The van der Waals surface area contributed by atoms with Crippen LogP contribution in [0.3, 0.4) is 0 Å². The van der Waals surface area contributed by atoms with E-state index >= 15 is 0 Å². The Morgan fingerprint density at radius 3 is 2.47 bits per heavy atom. The average Bonchev–Trinajstić information content (AvgIpc) is 2.30. The van der Waals surface area contributed by atoms with Crippen molar-refractivity contribution >= 4 is 12.4 Å². The van der Waals surface area contributed by atoms with Gasteiger partial charge in [0.2, 0.25) is 6.41 Å². The van der Waals surface area contributed by atoms with Crippen LogP contribution in [0.15, 0.2) is 24.3 Å². The molecule has 1 amide bonds. The van der Waals surface area contributed by atoms with Crippen LogP contribution < -0.4 is 10.1 Å². The topological polar surface area (TPSA) is 75.6 Å². The first-order chi connectivity index (χ1) is 8.04. The van der Waals surface area contributed by atoms with E-state index in [1.807, 2.05) is 6.92 Å². The van der Waals surface area contributed by atoms with Crippen LogP contribution in [0.4, 0.5) is 0 Å². The summed E-state index contributed by atoms with van der Waals surface area (Å²) in [7, 11) is 0. The monoisotopic (exact) mass is 237 g/mol. The van der Waals surface area contributed by atoms with Crippen LogP contribution >= 0.6 is 0 Å². The maximum atomic E-state index is 11.2. The van der Waals surface area contributed by atoms with Crippen molar-refractivity contribution in [3.8, 4) is 5.75 Å². The van der Waals surface area contributed by atoms with E-state index in [0.29, 0.717) is 24.3 Å². The van der Waals surface area contributed by atoms with Gasteiger partial charge in [-0.15, -0.1) is 0 Å². The lowest BCUT2D eigenvalue weighted by molar-refractivity contribution is -0.145. The Hall–Kier alpha value is -2.04. The maximum absolute atomic E-state index is 11.2. The summed E-state index contributed by atoms with van der Waals surface area (Å²) in [6.45, 7) is 3.84. The Morgan fingerprint density at radius 2 is 2.06 bits per heavy atom. The van der Waals surface area contributed by atoms with E-state index in [9.17, 15) is 9.59 Å². The Bertz CT molecular complexity index is 401. The van der Waals surface area contributed by atoms with Gasteiger partial charge >= 0.3 is 5.97 Å². The number of nitrogens with one attached hydrogen (secondary N) is 1. The zero-order valence-corrected chi connectivity index (χ0v) is 9.77. The summed E-state index contributed by atoms with van der Waals surface area (Å²) in [5.74, 6) is -0.455. The van der Waals surface area contributed by atoms with Crippen LogP contribution in [-0.4, -0.2) is 24.1 Å². The van der Waals surface area contributed by atoms with Crippen LogP contribution in [0.5, 0.6) is 5.75 Å². The third-order valence-electron chi connectivity index (χ3n) is 2.52. The number of benzene rings is 1. The van der Waals surface area contributed by atoms with E-state index < -0.39 is 11.5 Å². The minimum Gasteiger partial charge on any atom is -0.494 e.